The van der Waals surface area contributed by atoms with Crippen LogP contribution >= 0.6 is 0 Å². The van der Waals surface area contributed by atoms with Gasteiger partial charge in [-0.25, -0.2) is 8.78 Å². The van der Waals surface area contributed by atoms with E-state index in [0.29, 0.717) is 0 Å². The molecule has 1 amide bonds. The van der Waals surface area contributed by atoms with Crippen LogP contribution < -0.4 is 10.6 Å². The maximum Gasteiger partial charge on any atom is 0.240 e. The van der Waals surface area contributed by atoms with E-state index >= 15 is 0 Å². The predicted molar refractivity (Wildman–Crippen MR) is 63.8 cm³/mol. The molecule has 1 heterocycles. The van der Waals surface area contributed by atoms with Gasteiger partial charge in [-0.2, -0.15) is 0 Å². The summed E-state index contributed by atoms with van der Waals surface area (Å²) >= 11 is 0. The summed E-state index contributed by atoms with van der Waals surface area (Å²) in [5.74, 6) is -1.41. The normalized spacial score (nSPS) is 23.1. The Morgan fingerprint density at radius 1 is 1.50 bits per heavy atom. The van der Waals surface area contributed by atoms with Crippen LogP contribution in [0.4, 0.5) is 8.78 Å². The Bertz CT molecular complexity index is 456. The van der Waals surface area contributed by atoms with Crippen molar-refractivity contribution in [2.75, 3.05) is 6.54 Å². The predicted octanol–water partition coefficient (Wildman–Crippen LogP) is 1.72. The molecule has 1 aliphatic rings. The fourth-order valence-corrected chi connectivity index (χ4v) is 2.12. The van der Waals surface area contributed by atoms with Gasteiger partial charge in [-0.1, -0.05) is 6.07 Å². The number of carbonyl (C=O) groups is 1. The van der Waals surface area contributed by atoms with Gasteiger partial charge in [-0.3, -0.25) is 4.79 Å². The van der Waals surface area contributed by atoms with Gasteiger partial charge in [0.2, 0.25) is 5.91 Å². The van der Waals surface area contributed by atoms with Crippen molar-refractivity contribution >= 4 is 5.91 Å². The second-order valence-corrected chi connectivity index (χ2v) is 4.78. The maximum atomic E-state index is 13.4. The average molecular weight is 254 g/mol. The maximum absolute atomic E-state index is 13.4. The second kappa shape index (κ2) is 5.02. The summed E-state index contributed by atoms with van der Waals surface area (Å²) < 4.78 is 26.1. The molecule has 1 fully saturated rings. The van der Waals surface area contributed by atoms with Crippen LogP contribution in [0.3, 0.4) is 0 Å². The molecule has 1 aromatic carbocycles. The Balaban J connectivity index is 1.97. The number of hydrogen-bond acceptors (Lipinski definition) is 2. The molecule has 0 radical (unpaired) electrons. The fourth-order valence-electron chi connectivity index (χ4n) is 2.12. The molecular weight excluding hydrogens is 238 g/mol. The second-order valence-electron chi connectivity index (χ2n) is 4.78. The lowest BCUT2D eigenvalue weighted by molar-refractivity contribution is -0.126. The number of amides is 1. The van der Waals surface area contributed by atoms with Crippen LogP contribution in [0.25, 0.3) is 0 Å². The summed E-state index contributed by atoms with van der Waals surface area (Å²) in [6, 6.07) is 3.34. The number of rotatable bonds is 3. The molecule has 2 rings (SSSR count). The van der Waals surface area contributed by atoms with Gasteiger partial charge in [0.1, 0.15) is 11.6 Å². The van der Waals surface area contributed by atoms with Crippen molar-refractivity contribution < 1.29 is 13.6 Å². The molecule has 3 nitrogen and oxygen atoms in total. The molecule has 0 aromatic heterocycles. The molecule has 0 spiro atoms. The minimum atomic E-state index is -0.639. The Hall–Kier alpha value is -1.49. The Morgan fingerprint density at radius 3 is 2.89 bits per heavy atom. The molecule has 98 valence electrons. The standard InChI is InChI=1S/C13H16F2N2O/c1-13(5-2-6-17-13)12(18)16-8-9-3-4-10(14)7-11(9)15/h3-4,7,17H,2,5-6,8H2,1H3,(H,16,18). The Morgan fingerprint density at radius 2 is 2.28 bits per heavy atom. The third-order valence-corrected chi connectivity index (χ3v) is 3.32. The van der Waals surface area contributed by atoms with E-state index in [-0.39, 0.29) is 18.0 Å². The zero-order valence-electron chi connectivity index (χ0n) is 10.2. The fraction of sp³-hybridized carbons (Fsp3) is 0.462. The zero-order valence-corrected chi connectivity index (χ0v) is 10.2. The number of carbonyl (C=O) groups excluding carboxylic acids is 1. The lowest BCUT2D eigenvalue weighted by Crippen LogP contribution is -2.50. The molecule has 1 aromatic rings. The molecule has 5 heteroatoms. The lowest BCUT2D eigenvalue weighted by atomic mass is 9.99. The zero-order chi connectivity index (χ0) is 13.2. The third kappa shape index (κ3) is 2.67. The number of hydrogen-bond donors (Lipinski definition) is 2. The monoisotopic (exact) mass is 254 g/mol. The van der Waals surface area contributed by atoms with Gasteiger partial charge in [-0.05, 0) is 32.4 Å². The summed E-state index contributed by atoms with van der Waals surface area (Å²) in [7, 11) is 0. The average Bonchev–Trinajstić information content (AvgIpc) is 2.76. The van der Waals surface area contributed by atoms with E-state index in [9.17, 15) is 13.6 Å². The van der Waals surface area contributed by atoms with Crippen molar-refractivity contribution in [1.29, 1.82) is 0 Å². The quantitative estimate of drug-likeness (QED) is 0.862. The summed E-state index contributed by atoms with van der Waals surface area (Å²) in [6.07, 6.45) is 1.72. The van der Waals surface area contributed by atoms with E-state index in [1.165, 1.54) is 12.1 Å². The van der Waals surface area contributed by atoms with E-state index in [2.05, 4.69) is 10.6 Å². The highest BCUT2D eigenvalue weighted by atomic mass is 19.1. The Labute approximate surface area is 105 Å². The smallest absolute Gasteiger partial charge is 0.240 e. The number of halogens is 2. The Kier molecular flexibility index (Phi) is 3.61. The van der Waals surface area contributed by atoms with Gasteiger partial charge >= 0.3 is 0 Å². The van der Waals surface area contributed by atoms with Crippen LogP contribution in [0.5, 0.6) is 0 Å². The largest absolute Gasteiger partial charge is 0.350 e. The highest BCUT2D eigenvalue weighted by Crippen LogP contribution is 2.18. The lowest BCUT2D eigenvalue weighted by Gasteiger charge is -2.23. The molecule has 0 aliphatic carbocycles. The van der Waals surface area contributed by atoms with Gasteiger partial charge in [0, 0.05) is 18.2 Å². The molecule has 1 aliphatic heterocycles. The van der Waals surface area contributed by atoms with Crippen molar-refractivity contribution in [2.45, 2.75) is 31.8 Å². The van der Waals surface area contributed by atoms with Crippen molar-refractivity contribution in [3.05, 3.63) is 35.4 Å². The molecule has 1 saturated heterocycles. The minimum Gasteiger partial charge on any atom is -0.350 e. The molecular formula is C13H16F2N2O. The van der Waals surface area contributed by atoms with Crippen molar-refractivity contribution in [3.63, 3.8) is 0 Å². The SMILES string of the molecule is CC1(C(=O)NCc2ccc(F)cc2F)CCCN1. The van der Waals surface area contributed by atoms with Crippen LogP contribution in [0, 0.1) is 11.6 Å². The van der Waals surface area contributed by atoms with Crippen LogP contribution in [-0.4, -0.2) is 18.0 Å². The first-order valence-corrected chi connectivity index (χ1v) is 5.98. The summed E-state index contributed by atoms with van der Waals surface area (Å²) in [4.78, 5) is 11.9. The third-order valence-electron chi connectivity index (χ3n) is 3.32. The van der Waals surface area contributed by atoms with Crippen LogP contribution in [0.1, 0.15) is 25.3 Å². The molecule has 2 N–H and O–H groups in total. The molecule has 1 atom stereocenters. The van der Waals surface area contributed by atoms with E-state index in [1.807, 2.05) is 6.92 Å². The number of nitrogens with one attached hydrogen (secondary N) is 2. The van der Waals surface area contributed by atoms with E-state index < -0.39 is 17.2 Å². The summed E-state index contributed by atoms with van der Waals surface area (Å²) in [5, 5.41) is 5.80. The van der Waals surface area contributed by atoms with E-state index in [4.69, 9.17) is 0 Å². The minimum absolute atomic E-state index is 0.0716. The van der Waals surface area contributed by atoms with Crippen molar-refractivity contribution in [1.82, 2.24) is 10.6 Å². The van der Waals surface area contributed by atoms with Crippen molar-refractivity contribution in [3.8, 4) is 0 Å². The summed E-state index contributed by atoms with van der Waals surface area (Å²) in [5.41, 5.74) is -0.289. The van der Waals surface area contributed by atoms with Crippen LogP contribution in [0.15, 0.2) is 18.2 Å². The molecule has 18 heavy (non-hydrogen) atoms. The highest BCUT2D eigenvalue weighted by Gasteiger charge is 2.35. The first-order chi connectivity index (χ1) is 8.51. The topological polar surface area (TPSA) is 41.1 Å². The first-order valence-electron chi connectivity index (χ1n) is 5.98. The van der Waals surface area contributed by atoms with Gasteiger partial charge in [0.15, 0.2) is 0 Å². The van der Waals surface area contributed by atoms with E-state index in [0.717, 1.165) is 25.5 Å². The van der Waals surface area contributed by atoms with Crippen LogP contribution in [-0.2, 0) is 11.3 Å². The molecule has 1 unspecified atom stereocenters. The van der Waals surface area contributed by atoms with Crippen LogP contribution in [0.2, 0.25) is 0 Å². The summed E-state index contributed by atoms with van der Waals surface area (Å²) in [6.45, 7) is 2.72. The number of benzene rings is 1. The first kappa shape index (κ1) is 13.0. The van der Waals surface area contributed by atoms with Gasteiger partial charge in [0.05, 0.1) is 5.54 Å². The van der Waals surface area contributed by atoms with Crippen molar-refractivity contribution in [2.24, 2.45) is 0 Å². The molecule has 0 saturated carbocycles. The highest BCUT2D eigenvalue weighted by molar-refractivity contribution is 5.86. The van der Waals surface area contributed by atoms with E-state index in [1.54, 1.807) is 0 Å². The van der Waals surface area contributed by atoms with Gasteiger partial charge < -0.3 is 10.6 Å². The van der Waals surface area contributed by atoms with Gasteiger partial charge in [0.25, 0.3) is 0 Å². The molecule has 0 bridgehead atoms. The van der Waals surface area contributed by atoms with Gasteiger partial charge in [-0.15, -0.1) is 0 Å².